The Labute approximate surface area is 83.9 Å². The van der Waals surface area contributed by atoms with E-state index in [4.69, 9.17) is 0 Å². The van der Waals surface area contributed by atoms with Crippen molar-refractivity contribution in [2.45, 2.75) is 32.4 Å². The van der Waals surface area contributed by atoms with Crippen LogP contribution in [0.15, 0.2) is 0 Å². The molecule has 0 aliphatic heterocycles. The summed E-state index contributed by atoms with van der Waals surface area (Å²) in [7, 11) is 0. The number of hydrogen-bond donors (Lipinski definition) is 1. The van der Waals surface area contributed by atoms with Crippen molar-refractivity contribution in [3.8, 4) is 0 Å². The van der Waals surface area contributed by atoms with E-state index >= 15 is 0 Å². The summed E-state index contributed by atoms with van der Waals surface area (Å²) in [6.45, 7) is 11.7. The Bertz CT molecular complexity index is 54.9. The molecule has 0 saturated carbocycles. The first-order chi connectivity index (χ1) is 3.66. The van der Waals surface area contributed by atoms with E-state index in [1.54, 1.807) is 0 Å². The summed E-state index contributed by atoms with van der Waals surface area (Å²) >= 11 is 0. The van der Waals surface area contributed by atoms with Crippen molar-refractivity contribution in [1.29, 1.82) is 0 Å². The third-order valence-electron chi connectivity index (χ3n) is 0.917. The molecule has 53 valence electrons. The Morgan fingerprint density at radius 1 is 1.44 bits per heavy atom. The summed E-state index contributed by atoms with van der Waals surface area (Å²) in [6.07, 6.45) is 0.859. The van der Waals surface area contributed by atoms with Gasteiger partial charge in [0.05, 0.1) is 0 Å². The van der Waals surface area contributed by atoms with E-state index in [0.717, 1.165) is 6.42 Å². The van der Waals surface area contributed by atoms with Crippen LogP contribution in [-0.2, 0) is 32.7 Å². The monoisotopic (exact) mass is 202 g/mol. The average molecular weight is 202 g/mol. The van der Waals surface area contributed by atoms with Crippen LogP contribution in [0.25, 0.3) is 0 Å². The van der Waals surface area contributed by atoms with E-state index in [2.05, 4.69) is 33.0 Å². The van der Waals surface area contributed by atoms with Crippen LogP contribution in [0.1, 0.15) is 20.3 Å². The fraction of sp³-hybridized carbons (Fsp3) is 0.714. The predicted molar refractivity (Wildman–Crippen MR) is 37.4 cm³/mol. The van der Waals surface area contributed by atoms with Gasteiger partial charge in [0, 0.05) is 32.7 Å². The fourth-order valence-corrected chi connectivity index (χ4v) is 0.555. The molecule has 0 spiro atoms. The second-order valence-corrected chi connectivity index (χ2v) is 2.31. The molecule has 0 rings (SSSR count). The van der Waals surface area contributed by atoms with Crippen molar-refractivity contribution < 1.29 is 32.7 Å². The third kappa shape index (κ3) is 9.06. The zero-order valence-electron chi connectivity index (χ0n) is 6.35. The van der Waals surface area contributed by atoms with E-state index in [-0.39, 0.29) is 32.7 Å². The van der Waals surface area contributed by atoms with Gasteiger partial charge in [-0.05, 0) is 6.04 Å². The second-order valence-electron chi connectivity index (χ2n) is 2.31. The SMILES string of the molecule is [CH2-]CC([CH2-])NC(C)C.[Y]. The Hall–Kier alpha value is 1.06. The first kappa shape index (κ1) is 12.7. The molecule has 1 N–H and O–H groups in total. The van der Waals surface area contributed by atoms with Gasteiger partial charge in [0.25, 0.3) is 0 Å². The smallest absolute Gasteiger partial charge is 0 e. The Morgan fingerprint density at radius 3 is 2.00 bits per heavy atom. The quantitative estimate of drug-likeness (QED) is 0.682. The maximum Gasteiger partial charge on any atom is 0 e. The van der Waals surface area contributed by atoms with Crippen molar-refractivity contribution in [3.05, 3.63) is 13.8 Å². The molecule has 1 unspecified atom stereocenters. The number of hydrogen-bond acceptors (Lipinski definition) is 1. The van der Waals surface area contributed by atoms with Gasteiger partial charge in [-0.25, -0.2) is 0 Å². The van der Waals surface area contributed by atoms with Gasteiger partial charge in [-0.15, -0.1) is 6.04 Å². The van der Waals surface area contributed by atoms with Crippen LogP contribution in [-0.4, -0.2) is 12.1 Å². The normalized spacial score (nSPS) is 13.0. The zero-order valence-corrected chi connectivity index (χ0v) is 9.19. The summed E-state index contributed by atoms with van der Waals surface area (Å²) in [5.74, 6) is 0. The molecule has 1 radical (unpaired) electrons. The van der Waals surface area contributed by atoms with Crippen molar-refractivity contribution in [1.82, 2.24) is 5.32 Å². The van der Waals surface area contributed by atoms with Crippen LogP contribution < -0.4 is 5.32 Å². The van der Waals surface area contributed by atoms with Crippen LogP contribution >= 0.6 is 0 Å². The minimum absolute atomic E-state index is 0. The summed E-state index contributed by atoms with van der Waals surface area (Å²) in [5, 5.41) is 3.22. The van der Waals surface area contributed by atoms with Gasteiger partial charge >= 0.3 is 0 Å². The van der Waals surface area contributed by atoms with Gasteiger partial charge in [0.2, 0.25) is 0 Å². The average Bonchev–Trinajstić information content (AvgIpc) is 1.65. The van der Waals surface area contributed by atoms with E-state index in [9.17, 15) is 0 Å². The summed E-state index contributed by atoms with van der Waals surface area (Å²) in [5.41, 5.74) is 0. The van der Waals surface area contributed by atoms with Gasteiger partial charge in [-0.1, -0.05) is 13.8 Å². The molecule has 9 heavy (non-hydrogen) atoms. The molecule has 0 aliphatic rings. The molecule has 0 saturated heterocycles. The van der Waals surface area contributed by atoms with Gasteiger partial charge < -0.3 is 19.2 Å². The standard InChI is InChI=1S/C7H15N.Y/c1-5-7(4)8-6(2)3;/h6-8H,1,4-5H2,2-3H3;/q-2;. The molecule has 0 aromatic carbocycles. The fourth-order valence-electron chi connectivity index (χ4n) is 0.555. The molecule has 1 nitrogen and oxygen atoms in total. The molecule has 1 atom stereocenters. The van der Waals surface area contributed by atoms with Crippen LogP contribution in [0, 0.1) is 13.8 Å². The first-order valence-corrected chi connectivity index (χ1v) is 3.05. The molecular weight excluding hydrogens is 187 g/mol. The first-order valence-electron chi connectivity index (χ1n) is 3.05. The van der Waals surface area contributed by atoms with Crippen molar-refractivity contribution in [3.63, 3.8) is 0 Å². The topological polar surface area (TPSA) is 12.0 Å². The molecule has 0 aliphatic carbocycles. The maximum atomic E-state index is 3.82. The summed E-state index contributed by atoms with van der Waals surface area (Å²) < 4.78 is 0. The van der Waals surface area contributed by atoms with Crippen LogP contribution in [0.3, 0.4) is 0 Å². The van der Waals surface area contributed by atoms with Gasteiger partial charge in [-0.2, -0.15) is 6.42 Å². The van der Waals surface area contributed by atoms with Crippen LogP contribution in [0.5, 0.6) is 0 Å². The predicted octanol–water partition coefficient (Wildman–Crippen LogP) is 1.41. The van der Waals surface area contributed by atoms with Gasteiger partial charge in [-0.3, -0.25) is 0 Å². The molecular formula is C7H15NY-2. The van der Waals surface area contributed by atoms with E-state index < -0.39 is 0 Å². The minimum atomic E-state index is 0. The largest absolute Gasteiger partial charge is 0.344 e. The Balaban J connectivity index is 0. The molecule has 0 aromatic heterocycles. The van der Waals surface area contributed by atoms with Crippen LogP contribution in [0.4, 0.5) is 0 Å². The second kappa shape index (κ2) is 7.17. The van der Waals surface area contributed by atoms with Gasteiger partial charge in [0.1, 0.15) is 0 Å². The molecule has 0 heterocycles. The molecule has 0 amide bonds. The third-order valence-corrected chi connectivity index (χ3v) is 0.917. The van der Waals surface area contributed by atoms with E-state index in [1.165, 1.54) is 0 Å². The van der Waals surface area contributed by atoms with Crippen molar-refractivity contribution in [2.24, 2.45) is 0 Å². The molecule has 2 heteroatoms. The Morgan fingerprint density at radius 2 is 1.89 bits per heavy atom. The molecule has 0 aromatic rings. The summed E-state index contributed by atoms with van der Waals surface area (Å²) in [4.78, 5) is 0. The number of nitrogens with one attached hydrogen (secondary N) is 1. The molecule has 0 fully saturated rings. The number of rotatable bonds is 3. The van der Waals surface area contributed by atoms with E-state index in [0.29, 0.717) is 12.1 Å². The Kier molecular flexibility index (Phi) is 10.1. The van der Waals surface area contributed by atoms with Crippen molar-refractivity contribution in [2.75, 3.05) is 0 Å². The maximum absolute atomic E-state index is 3.82. The zero-order chi connectivity index (χ0) is 6.57. The van der Waals surface area contributed by atoms with E-state index in [1.807, 2.05) is 0 Å². The molecule has 0 bridgehead atoms. The summed E-state index contributed by atoms with van der Waals surface area (Å²) in [6, 6.07) is 0.842. The van der Waals surface area contributed by atoms with Crippen molar-refractivity contribution >= 4 is 0 Å². The minimum Gasteiger partial charge on any atom is -0.344 e. The van der Waals surface area contributed by atoms with Crippen LogP contribution in [0.2, 0.25) is 0 Å². The van der Waals surface area contributed by atoms with Gasteiger partial charge in [0.15, 0.2) is 0 Å².